The van der Waals surface area contributed by atoms with Crippen LogP contribution in [0.5, 0.6) is 0 Å². The molecule has 130 valence electrons. The minimum atomic E-state index is -0.123. The first-order chi connectivity index (χ1) is 12.2. The van der Waals surface area contributed by atoms with Crippen LogP contribution in [0.15, 0.2) is 42.7 Å². The fraction of sp³-hybridized carbons (Fsp3) is 0.333. The molecule has 0 unspecified atom stereocenters. The minimum absolute atomic E-state index is 0.123. The highest BCUT2D eigenvalue weighted by Gasteiger charge is 2.22. The van der Waals surface area contributed by atoms with Crippen LogP contribution in [-0.2, 0) is 11.3 Å². The van der Waals surface area contributed by atoms with Gasteiger partial charge in [-0.25, -0.2) is 9.97 Å². The summed E-state index contributed by atoms with van der Waals surface area (Å²) in [4.78, 5) is 37.2. The Morgan fingerprint density at radius 3 is 2.56 bits per heavy atom. The molecule has 0 bridgehead atoms. The third-order valence-electron chi connectivity index (χ3n) is 4.28. The van der Waals surface area contributed by atoms with Gasteiger partial charge >= 0.3 is 0 Å². The fourth-order valence-electron chi connectivity index (χ4n) is 2.80. The minimum Gasteiger partial charge on any atom is -0.355 e. The number of benzene rings is 1. The number of rotatable bonds is 5. The molecule has 25 heavy (non-hydrogen) atoms. The predicted octanol–water partition coefficient (Wildman–Crippen LogP) is 1.03. The third-order valence-corrected chi connectivity index (χ3v) is 4.28. The van der Waals surface area contributed by atoms with Crippen molar-refractivity contribution in [1.29, 1.82) is 0 Å². The summed E-state index contributed by atoms with van der Waals surface area (Å²) in [6.07, 6.45) is 2.24. The van der Waals surface area contributed by atoms with Crippen LogP contribution in [0, 0.1) is 0 Å². The smallest absolute Gasteiger partial charge is 0.272 e. The summed E-state index contributed by atoms with van der Waals surface area (Å²) in [5, 5.41) is 0. The maximum atomic E-state index is 12.6. The first-order valence-electron chi connectivity index (χ1n) is 8.23. The average Bonchev–Trinajstić information content (AvgIpc) is 2.68. The molecule has 0 radical (unpaired) electrons. The molecule has 1 aromatic carbocycles. The third kappa shape index (κ3) is 4.12. The van der Waals surface area contributed by atoms with Gasteiger partial charge in [0.05, 0.1) is 0 Å². The zero-order valence-electron chi connectivity index (χ0n) is 14.2. The number of aromatic nitrogens is 2. The van der Waals surface area contributed by atoms with Gasteiger partial charge in [0.1, 0.15) is 17.8 Å². The summed E-state index contributed by atoms with van der Waals surface area (Å²) in [5.41, 5.74) is 1.55. The molecule has 7 nitrogen and oxygen atoms in total. The lowest BCUT2D eigenvalue weighted by molar-refractivity contribution is -0.119. The van der Waals surface area contributed by atoms with Crippen LogP contribution in [0.3, 0.4) is 0 Å². The van der Waals surface area contributed by atoms with Crippen LogP contribution in [0.2, 0.25) is 0 Å². The zero-order chi connectivity index (χ0) is 17.6. The standard InChI is InChI=1S/C18H21N5O2/c1-21(12-15-5-3-2-4-6-15)17-11-16(19-13-20-17)18(25)23-9-7-22(14-24)8-10-23/h2-6,11,13-14H,7-10,12H2,1H3. The van der Waals surface area contributed by atoms with Crippen LogP contribution in [0.1, 0.15) is 16.1 Å². The van der Waals surface area contributed by atoms with Gasteiger partial charge in [0.25, 0.3) is 5.91 Å². The van der Waals surface area contributed by atoms with E-state index in [2.05, 4.69) is 22.1 Å². The van der Waals surface area contributed by atoms with Gasteiger partial charge in [-0.1, -0.05) is 30.3 Å². The second-order valence-corrected chi connectivity index (χ2v) is 6.04. The summed E-state index contributed by atoms with van der Waals surface area (Å²) < 4.78 is 0. The highest BCUT2D eigenvalue weighted by molar-refractivity contribution is 5.93. The SMILES string of the molecule is CN(Cc1ccccc1)c1cc(C(=O)N2CCN(C=O)CC2)ncn1. The highest BCUT2D eigenvalue weighted by atomic mass is 16.2. The van der Waals surface area contributed by atoms with Crippen LogP contribution < -0.4 is 4.90 Å². The van der Waals surface area contributed by atoms with Crippen molar-refractivity contribution in [2.75, 3.05) is 38.1 Å². The molecule has 1 saturated heterocycles. The summed E-state index contributed by atoms with van der Waals surface area (Å²) in [5.74, 6) is 0.580. The largest absolute Gasteiger partial charge is 0.355 e. The number of carbonyl (C=O) groups is 2. The van der Waals surface area contributed by atoms with Crippen LogP contribution >= 0.6 is 0 Å². The molecule has 1 aliphatic heterocycles. The molecule has 7 heteroatoms. The number of hydrogen-bond donors (Lipinski definition) is 0. The van der Waals surface area contributed by atoms with Crippen molar-refractivity contribution in [3.63, 3.8) is 0 Å². The van der Waals surface area contributed by atoms with Crippen molar-refractivity contribution in [3.05, 3.63) is 54.0 Å². The molecule has 0 atom stereocenters. The van der Waals surface area contributed by atoms with Crippen LogP contribution in [0.4, 0.5) is 5.82 Å². The number of hydrogen-bond acceptors (Lipinski definition) is 5. The van der Waals surface area contributed by atoms with E-state index in [1.807, 2.05) is 30.1 Å². The van der Waals surface area contributed by atoms with Gasteiger partial charge in [-0.3, -0.25) is 9.59 Å². The molecule has 2 amide bonds. The van der Waals surface area contributed by atoms with Crippen molar-refractivity contribution in [2.45, 2.75) is 6.54 Å². The summed E-state index contributed by atoms with van der Waals surface area (Å²) in [7, 11) is 1.94. The van der Waals surface area contributed by atoms with E-state index in [-0.39, 0.29) is 5.91 Å². The molecule has 1 fully saturated rings. The highest BCUT2D eigenvalue weighted by Crippen LogP contribution is 2.14. The number of amides is 2. The van der Waals surface area contributed by atoms with E-state index >= 15 is 0 Å². The summed E-state index contributed by atoms with van der Waals surface area (Å²) in [6, 6.07) is 11.8. The van der Waals surface area contributed by atoms with Crippen molar-refractivity contribution in [2.24, 2.45) is 0 Å². The van der Waals surface area contributed by atoms with Gasteiger partial charge < -0.3 is 14.7 Å². The number of piperazine rings is 1. The lowest BCUT2D eigenvalue weighted by Gasteiger charge is -2.32. The molecular weight excluding hydrogens is 318 g/mol. The Kier molecular flexibility index (Phi) is 5.23. The van der Waals surface area contributed by atoms with E-state index in [0.29, 0.717) is 44.2 Å². The normalized spacial score (nSPS) is 14.3. The van der Waals surface area contributed by atoms with Gasteiger partial charge in [-0.15, -0.1) is 0 Å². The van der Waals surface area contributed by atoms with Gasteiger partial charge in [0.15, 0.2) is 0 Å². The molecule has 1 aliphatic rings. The van der Waals surface area contributed by atoms with E-state index in [0.717, 1.165) is 6.41 Å². The lowest BCUT2D eigenvalue weighted by atomic mass is 10.2. The molecule has 2 heterocycles. The maximum absolute atomic E-state index is 12.6. The second kappa shape index (κ2) is 7.74. The van der Waals surface area contributed by atoms with Crippen molar-refractivity contribution < 1.29 is 9.59 Å². The monoisotopic (exact) mass is 339 g/mol. The molecule has 1 aromatic heterocycles. The van der Waals surface area contributed by atoms with Gasteiger partial charge in [0.2, 0.25) is 6.41 Å². The molecule has 2 aromatic rings. The Labute approximate surface area is 146 Å². The quantitative estimate of drug-likeness (QED) is 0.761. The van der Waals surface area contributed by atoms with E-state index < -0.39 is 0 Å². The molecule has 0 N–H and O–H groups in total. The summed E-state index contributed by atoms with van der Waals surface area (Å²) in [6.45, 7) is 2.86. The maximum Gasteiger partial charge on any atom is 0.272 e. The van der Waals surface area contributed by atoms with E-state index in [1.165, 1.54) is 11.9 Å². The first kappa shape index (κ1) is 16.9. The van der Waals surface area contributed by atoms with Crippen molar-refractivity contribution in [1.82, 2.24) is 19.8 Å². The van der Waals surface area contributed by atoms with E-state index in [1.54, 1.807) is 15.9 Å². The Balaban J connectivity index is 1.68. The van der Waals surface area contributed by atoms with Crippen LogP contribution in [0.25, 0.3) is 0 Å². The number of nitrogens with zero attached hydrogens (tertiary/aromatic N) is 5. The molecular formula is C18H21N5O2. The molecule has 0 aliphatic carbocycles. The Morgan fingerprint density at radius 2 is 1.88 bits per heavy atom. The lowest BCUT2D eigenvalue weighted by Crippen LogP contribution is -2.48. The Bertz CT molecular complexity index is 729. The van der Waals surface area contributed by atoms with Crippen molar-refractivity contribution in [3.8, 4) is 0 Å². The van der Waals surface area contributed by atoms with Gasteiger partial charge in [-0.05, 0) is 5.56 Å². The van der Waals surface area contributed by atoms with Gasteiger partial charge in [0, 0.05) is 45.8 Å². The van der Waals surface area contributed by atoms with E-state index in [9.17, 15) is 9.59 Å². The molecule has 3 rings (SSSR count). The topological polar surface area (TPSA) is 69.6 Å². The Hall–Kier alpha value is -2.96. The summed E-state index contributed by atoms with van der Waals surface area (Å²) >= 11 is 0. The molecule has 0 saturated carbocycles. The van der Waals surface area contributed by atoms with Gasteiger partial charge in [-0.2, -0.15) is 0 Å². The van der Waals surface area contributed by atoms with Crippen LogP contribution in [-0.4, -0.2) is 65.3 Å². The predicted molar refractivity (Wildman–Crippen MR) is 94.1 cm³/mol. The Morgan fingerprint density at radius 1 is 1.16 bits per heavy atom. The average molecular weight is 339 g/mol. The zero-order valence-corrected chi connectivity index (χ0v) is 14.2. The molecule has 0 spiro atoms. The number of carbonyl (C=O) groups excluding carboxylic acids is 2. The van der Waals surface area contributed by atoms with Crippen molar-refractivity contribution >= 4 is 18.1 Å². The second-order valence-electron chi connectivity index (χ2n) is 6.04. The first-order valence-corrected chi connectivity index (χ1v) is 8.23. The van der Waals surface area contributed by atoms with E-state index in [4.69, 9.17) is 0 Å². The fourth-order valence-corrected chi connectivity index (χ4v) is 2.80. The number of anilines is 1.